The van der Waals surface area contributed by atoms with Crippen molar-refractivity contribution in [1.82, 2.24) is 9.97 Å². The van der Waals surface area contributed by atoms with Gasteiger partial charge in [-0.05, 0) is 49.7 Å². The van der Waals surface area contributed by atoms with E-state index < -0.39 is 5.54 Å². The van der Waals surface area contributed by atoms with Gasteiger partial charge in [-0.15, -0.1) is 0 Å². The fourth-order valence-corrected chi connectivity index (χ4v) is 4.14. The van der Waals surface area contributed by atoms with Crippen LogP contribution < -0.4 is 21.1 Å². The van der Waals surface area contributed by atoms with E-state index in [2.05, 4.69) is 20.6 Å². The number of thiazole rings is 1. The summed E-state index contributed by atoms with van der Waals surface area (Å²) in [5, 5.41) is 6.29. The number of benzene rings is 2. The largest absolute Gasteiger partial charge is 0.439 e. The zero-order valence-corrected chi connectivity index (χ0v) is 20.3. The highest BCUT2D eigenvalue weighted by Crippen LogP contribution is 2.32. The number of hydrogen-bond acceptors (Lipinski definition) is 7. The van der Waals surface area contributed by atoms with E-state index in [0.29, 0.717) is 43.4 Å². The first kappa shape index (κ1) is 23.6. The molecule has 0 bridgehead atoms. The van der Waals surface area contributed by atoms with Gasteiger partial charge in [-0.2, -0.15) is 0 Å². The van der Waals surface area contributed by atoms with Gasteiger partial charge in [-0.25, -0.2) is 9.97 Å². The third-order valence-corrected chi connectivity index (χ3v) is 6.00. The van der Waals surface area contributed by atoms with E-state index in [0.717, 1.165) is 5.56 Å². The molecule has 0 saturated heterocycles. The molecule has 2 heterocycles. The monoisotopic (exact) mass is 495 g/mol. The summed E-state index contributed by atoms with van der Waals surface area (Å²) in [7, 11) is 0. The number of rotatable bonds is 6. The van der Waals surface area contributed by atoms with E-state index in [-0.39, 0.29) is 11.8 Å². The number of halogens is 1. The minimum absolute atomic E-state index is 0.204. The maximum absolute atomic E-state index is 12.8. The van der Waals surface area contributed by atoms with E-state index in [9.17, 15) is 9.59 Å². The second-order valence-corrected chi connectivity index (χ2v) is 9.56. The van der Waals surface area contributed by atoms with Gasteiger partial charge >= 0.3 is 0 Å². The van der Waals surface area contributed by atoms with E-state index in [1.54, 1.807) is 48.5 Å². The molecule has 2 amide bonds. The first-order valence-electron chi connectivity index (χ1n) is 10.3. The van der Waals surface area contributed by atoms with Crippen LogP contribution in [-0.2, 0) is 10.3 Å². The topological polar surface area (TPSA) is 119 Å². The SMILES string of the molecule is CC(=O)Nc1nc2ccc(Oc3ccc(Cl)c(NC(=O)c4cccc(C(C)(C)N)c4)c3)nc2s1. The van der Waals surface area contributed by atoms with E-state index in [1.807, 2.05) is 19.9 Å². The molecule has 4 aromatic rings. The molecular weight excluding hydrogens is 474 g/mol. The third-order valence-electron chi connectivity index (χ3n) is 4.79. The number of ether oxygens (including phenoxy) is 1. The standard InChI is InChI=1S/C24H22ClN5O3S/c1-13(31)27-23-29-18-9-10-20(30-22(18)34-23)33-16-7-8-17(25)19(12-16)28-21(32)14-5-4-6-15(11-14)24(2,3)26/h4-12H,26H2,1-3H3,(H,28,32)(H,27,29,31). The second kappa shape index (κ2) is 9.38. The van der Waals surface area contributed by atoms with Crippen molar-refractivity contribution in [2.24, 2.45) is 5.73 Å². The summed E-state index contributed by atoms with van der Waals surface area (Å²) < 4.78 is 5.88. The van der Waals surface area contributed by atoms with Gasteiger partial charge in [0.05, 0.1) is 10.7 Å². The van der Waals surface area contributed by atoms with Crippen LogP contribution in [-0.4, -0.2) is 21.8 Å². The number of hydrogen-bond donors (Lipinski definition) is 3. The summed E-state index contributed by atoms with van der Waals surface area (Å²) >= 11 is 7.55. The van der Waals surface area contributed by atoms with E-state index in [1.165, 1.54) is 18.3 Å². The average molecular weight is 496 g/mol. The average Bonchev–Trinajstić information content (AvgIpc) is 3.16. The summed E-state index contributed by atoms with van der Waals surface area (Å²) in [5.74, 6) is 0.252. The molecule has 4 N–H and O–H groups in total. The second-order valence-electron chi connectivity index (χ2n) is 8.17. The molecule has 2 aromatic heterocycles. The highest BCUT2D eigenvalue weighted by atomic mass is 35.5. The zero-order chi connectivity index (χ0) is 24.5. The predicted octanol–water partition coefficient (Wildman–Crippen LogP) is 5.54. The van der Waals surface area contributed by atoms with Crippen molar-refractivity contribution < 1.29 is 14.3 Å². The number of aromatic nitrogens is 2. The highest BCUT2D eigenvalue weighted by molar-refractivity contribution is 7.21. The Bertz CT molecular complexity index is 1400. The number of carbonyl (C=O) groups excluding carboxylic acids is 2. The number of nitrogens with zero attached hydrogens (tertiary/aromatic N) is 2. The number of amides is 2. The van der Waals surface area contributed by atoms with E-state index in [4.69, 9.17) is 22.1 Å². The lowest BCUT2D eigenvalue weighted by atomic mass is 9.94. The molecular formula is C24H22ClN5O3S. The van der Waals surface area contributed by atoms with Gasteiger partial charge in [0.15, 0.2) is 5.13 Å². The predicted molar refractivity (Wildman–Crippen MR) is 135 cm³/mol. The molecule has 8 nitrogen and oxygen atoms in total. The Hall–Kier alpha value is -3.53. The lowest BCUT2D eigenvalue weighted by Gasteiger charge is -2.19. The molecule has 4 rings (SSSR count). The number of nitrogens with two attached hydrogens (primary N) is 1. The third kappa shape index (κ3) is 5.51. The van der Waals surface area contributed by atoms with Crippen molar-refractivity contribution in [3.63, 3.8) is 0 Å². The molecule has 34 heavy (non-hydrogen) atoms. The smallest absolute Gasteiger partial charge is 0.255 e. The van der Waals surface area contributed by atoms with Gasteiger partial charge < -0.3 is 21.1 Å². The molecule has 0 spiro atoms. The van der Waals surface area contributed by atoms with Crippen molar-refractivity contribution in [1.29, 1.82) is 0 Å². The highest BCUT2D eigenvalue weighted by Gasteiger charge is 2.17. The number of nitrogens with one attached hydrogen (secondary N) is 2. The molecule has 0 saturated carbocycles. The number of anilines is 2. The number of carbonyl (C=O) groups is 2. The molecule has 0 atom stereocenters. The van der Waals surface area contributed by atoms with Crippen LogP contribution in [0.1, 0.15) is 36.7 Å². The minimum Gasteiger partial charge on any atom is -0.439 e. The molecule has 0 aliphatic carbocycles. The molecule has 2 aromatic carbocycles. The molecule has 0 unspecified atom stereocenters. The van der Waals surface area contributed by atoms with Crippen LogP contribution in [0.5, 0.6) is 11.6 Å². The van der Waals surface area contributed by atoms with Gasteiger partial charge in [0.25, 0.3) is 5.91 Å². The lowest BCUT2D eigenvalue weighted by Crippen LogP contribution is -2.29. The first-order chi connectivity index (χ1) is 16.1. The van der Waals surface area contributed by atoms with Crippen molar-refractivity contribution in [3.05, 3.63) is 70.7 Å². The maximum Gasteiger partial charge on any atom is 0.255 e. The summed E-state index contributed by atoms with van der Waals surface area (Å²) in [6.07, 6.45) is 0. The van der Waals surface area contributed by atoms with Crippen molar-refractivity contribution >= 4 is 55.9 Å². The Morgan fingerprint density at radius 2 is 1.85 bits per heavy atom. The van der Waals surface area contributed by atoms with Gasteiger partial charge in [0, 0.05) is 30.2 Å². The van der Waals surface area contributed by atoms with Crippen molar-refractivity contribution in [2.45, 2.75) is 26.3 Å². The molecule has 0 aliphatic rings. The summed E-state index contributed by atoms with van der Waals surface area (Å²) in [5.41, 5.74) is 7.93. The van der Waals surface area contributed by atoms with Crippen LogP contribution in [0.25, 0.3) is 10.3 Å². The van der Waals surface area contributed by atoms with Crippen molar-refractivity contribution in [3.8, 4) is 11.6 Å². The fraction of sp³-hybridized carbons (Fsp3) is 0.167. The molecule has 174 valence electrons. The van der Waals surface area contributed by atoms with Gasteiger partial charge in [0.2, 0.25) is 11.8 Å². The first-order valence-corrected chi connectivity index (χ1v) is 11.5. The molecule has 10 heteroatoms. The van der Waals surface area contributed by atoms with Crippen LogP contribution in [0.15, 0.2) is 54.6 Å². The van der Waals surface area contributed by atoms with Crippen LogP contribution in [0, 0.1) is 0 Å². The Labute approximate surface area is 205 Å². The molecule has 0 fully saturated rings. The summed E-state index contributed by atoms with van der Waals surface area (Å²) in [6, 6.07) is 15.5. The van der Waals surface area contributed by atoms with Gasteiger partial charge in [-0.3, -0.25) is 9.59 Å². The Morgan fingerprint density at radius 3 is 2.59 bits per heavy atom. The summed E-state index contributed by atoms with van der Waals surface area (Å²) in [4.78, 5) is 33.5. The van der Waals surface area contributed by atoms with Crippen LogP contribution >= 0.6 is 22.9 Å². The van der Waals surface area contributed by atoms with Crippen molar-refractivity contribution in [2.75, 3.05) is 10.6 Å². The Morgan fingerprint density at radius 1 is 1.06 bits per heavy atom. The summed E-state index contributed by atoms with van der Waals surface area (Å²) in [6.45, 7) is 5.17. The minimum atomic E-state index is -0.573. The number of pyridine rings is 1. The zero-order valence-electron chi connectivity index (χ0n) is 18.7. The van der Waals surface area contributed by atoms with Crippen LogP contribution in [0.2, 0.25) is 5.02 Å². The number of fused-ring (bicyclic) bond motifs is 1. The lowest BCUT2D eigenvalue weighted by molar-refractivity contribution is -0.114. The quantitative estimate of drug-likeness (QED) is 0.323. The Kier molecular flexibility index (Phi) is 6.52. The Balaban J connectivity index is 1.53. The van der Waals surface area contributed by atoms with Gasteiger partial charge in [0.1, 0.15) is 16.1 Å². The van der Waals surface area contributed by atoms with Crippen LogP contribution in [0.3, 0.4) is 0 Å². The van der Waals surface area contributed by atoms with Gasteiger partial charge in [-0.1, -0.05) is 35.1 Å². The van der Waals surface area contributed by atoms with E-state index >= 15 is 0 Å². The maximum atomic E-state index is 12.8. The fourth-order valence-electron chi connectivity index (χ4n) is 3.10. The molecule has 0 aliphatic heterocycles. The van der Waals surface area contributed by atoms with Crippen LogP contribution in [0.4, 0.5) is 10.8 Å². The molecule has 0 radical (unpaired) electrons. The normalized spacial score (nSPS) is 11.3.